The number of rotatable bonds is 6. The number of amides is 2. The normalized spacial score (nSPS) is 10.4. The highest BCUT2D eigenvalue weighted by Crippen LogP contribution is 2.35. The lowest BCUT2D eigenvalue weighted by molar-refractivity contribution is -0.119. The summed E-state index contributed by atoms with van der Waals surface area (Å²) < 4.78 is 0. The molecular formula is C21H19N3O2S. The molecule has 0 aliphatic heterocycles. The van der Waals surface area contributed by atoms with Gasteiger partial charge in [0.15, 0.2) is 0 Å². The summed E-state index contributed by atoms with van der Waals surface area (Å²) in [6, 6.07) is 23.4. The van der Waals surface area contributed by atoms with Gasteiger partial charge in [-0.15, -0.1) is 11.8 Å². The van der Waals surface area contributed by atoms with Crippen molar-refractivity contribution in [3.05, 3.63) is 102 Å². The molecule has 5 nitrogen and oxygen atoms in total. The number of hydrazine groups is 1. The number of hydrogen-bond donors (Lipinski definition) is 2. The lowest BCUT2D eigenvalue weighted by Gasteiger charge is -2.17. The van der Waals surface area contributed by atoms with Crippen molar-refractivity contribution in [2.24, 2.45) is 0 Å². The van der Waals surface area contributed by atoms with E-state index in [2.05, 4.69) is 15.8 Å². The van der Waals surface area contributed by atoms with E-state index in [0.29, 0.717) is 5.56 Å². The van der Waals surface area contributed by atoms with E-state index in [1.807, 2.05) is 60.7 Å². The van der Waals surface area contributed by atoms with Crippen LogP contribution in [0.15, 0.2) is 85.2 Å². The van der Waals surface area contributed by atoms with Crippen molar-refractivity contribution < 1.29 is 9.59 Å². The molecular weight excluding hydrogens is 358 g/mol. The Labute approximate surface area is 162 Å². The van der Waals surface area contributed by atoms with Gasteiger partial charge in [0.1, 0.15) is 0 Å². The van der Waals surface area contributed by atoms with Gasteiger partial charge >= 0.3 is 0 Å². The van der Waals surface area contributed by atoms with Gasteiger partial charge in [-0.1, -0.05) is 60.7 Å². The first kappa shape index (κ1) is 18.7. The lowest BCUT2D eigenvalue weighted by atomic mass is 10.0. The summed E-state index contributed by atoms with van der Waals surface area (Å²) in [6.07, 6.45) is 3.02. The third kappa shape index (κ3) is 5.43. The van der Waals surface area contributed by atoms with E-state index >= 15 is 0 Å². The predicted octanol–water partition coefficient (Wildman–Crippen LogP) is 3.37. The molecule has 2 amide bonds. The van der Waals surface area contributed by atoms with E-state index in [-0.39, 0.29) is 16.9 Å². The van der Waals surface area contributed by atoms with E-state index in [0.717, 1.165) is 11.1 Å². The second kappa shape index (κ2) is 9.54. The molecule has 6 heteroatoms. The standard InChI is InChI=1S/C21H19N3O2S/c25-19(23-24-21(26)18-12-7-13-22-14-18)15-27-20(16-8-3-1-4-9-16)17-10-5-2-6-11-17/h1-14,20H,15H2,(H,23,25)(H,24,26). The van der Waals surface area contributed by atoms with Gasteiger partial charge in [0.05, 0.1) is 16.6 Å². The van der Waals surface area contributed by atoms with Crippen LogP contribution in [-0.2, 0) is 4.79 Å². The highest BCUT2D eigenvalue weighted by molar-refractivity contribution is 8.00. The van der Waals surface area contributed by atoms with Gasteiger partial charge in [-0.3, -0.25) is 25.4 Å². The zero-order valence-electron chi connectivity index (χ0n) is 14.5. The summed E-state index contributed by atoms with van der Waals surface area (Å²) in [5.41, 5.74) is 7.50. The molecule has 0 radical (unpaired) electrons. The van der Waals surface area contributed by atoms with Crippen molar-refractivity contribution in [2.45, 2.75) is 5.25 Å². The summed E-state index contributed by atoms with van der Waals surface area (Å²) in [5.74, 6) is -0.458. The van der Waals surface area contributed by atoms with Crippen LogP contribution in [0.2, 0.25) is 0 Å². The van der Waals surface area contributed by atoms with E-state index in [9.17, 15) is 9.59 Å². The minimum Gasteiger partial charge on any atom is -0.272 e. The Morgan fingerprint density at radius 1 is 0.852 bits per heavy atom. The summed E-state index contributed by atoms with van der Waals surface area (Å²) in [7, 11) is 0. The monoisotopic (exact) mass is 377 g/mol. The molecule has 3 aromatic rings. The number of carbonyl (C=O) groups is 2. The van der Waals surface area contributed by atoms with E-state index < -0.39 is 5.91 Å². The van der Waals surface area contributed by atoms with Crippen LogP contribution in [-0.4, -0.2) is 22.6 Å². The molecule has 0 atom stereocenters. The Hall–Kier alpha value is -3.12. The Morgan fingerprint density at radius 3 is 2.04 bits per heavy atom. The predicted molar refractivity (Wildman–Crippen MR) is 107 cm³/mol. The maximum absolute atomic E-state index is 12.2. The van der Waals surface area contributed by atoms with Gasteiger partial charge in [-0.05, 0) is 23.3 Å². The lowest BCUT2D eigenvalue weighted by Crippen LogP contribution is -2.42. The molecule has 0 fully saturated rings. The maximum atomic E-state index is 12.2. The van der Waals surface area contributed by atoms with Crippen LogP contribution in [0, 0.1) is 0 Å². The zero-order chi connectivity index (χ0) is 18.9. The van der Waals surface area contributed by atoms with E-state index in [4.69, 9.17) is 0 Å². The fourth-order valence-corrected chi connectivity index (χ4v) is 3.62. The van der Waals surface area contributed by atoms with Crippen molar-refractivity contribution in [3.63, 3.8) is 0 Å². The minimum absolute atomic E-state index is 0.0344. The second-order valence-electron chi connectivity index (χ2n) is 5.76. The maximum Gasteiger partial charge on any atom is 0.271 e. The molecule has 0 saturated heterocycles. The van der Waals surface area contributed by atoms with Crippen LogP contribution in [0.25, 0.3) is 0 Å². The third-order valence-electron chi connectivity index (χ3n) is 3.82. The number of nitrogens with one attached hydrogen (secondary N) is 2. The quantitative estimate of drug-likeness (QED) is 0.646. The summed E-state index contributed by atoms with van der Waals surface area (Å²) in [5, 5.41) is 0.0344. The Bertz CT molecular complexity index is 834. The first-order valence-electron chi connectivity index (χ1n) is 8.45. The molecule has 0 saturated carbocycles. The van der Waals surface area contributed by atoms with Crippen molar-refractivity contribution in [1.82, 2.24) is 15.8 Å². The second-order valence-corrected chi connectivity index (χ2v) is 6.85. The van der Waals surface area contributed by atoms with Crippen molar-refractivity contribution in [3.8, 4) is 0 Å². The third-order valence-corrected chi connectivity index (χ3v) is 5.13. The first-order chi connectivity index (χ1) is 13.2. The number of nitrogens with zero attached hydrogens (tertiary/aromatic N) is 1. The summed E-state index contributed by atoms with van der Waals surface area (Å²) >= 11 is 1.51. The van der Waals surface area contributed by atoms with Crippen molar-refractivity contribution >= 4 is 23.6 Å². The van der Waals surface area contributed by atoms with Crippen molar-refractivity contribution in [2.75, 3.05) is 5.75 Å². The van der Waals surface area contributed by atoms with Gasteiger partial charge in [0.25, 0.3) is 5.91 Å². The number of thioether (sulfide) groups is 1. The molecule has 0 bridgehead atoms. The fraction of sp³-hybridized carbons (Fsp3) is 0.0952. The minimum atomic E-state index is -0.399. The largest absolute Gasteiger partial charge is 0.272 e. The Morgan fingerprint density at radius 2 is 1.48 bits per heavy atom. The molecule has 27 heavy (non-hydrogen) atoms. The fourth-order valence-electron chi connectivity index (χ4n) is 2.53. The Balaban J connectivity index is 1.59. The zero-order valence-corrected chi connectivity index (χ0v) is 15.4. The molecule has 0 aliphatic carbocycles. The molecule has 1 heterocycles. The topological polar surface area (TPSA) is 71.1 Å². The van der Waals surface area contributed by atoms with Gasteiger partial charge < -0.3 is 0 Å². The molecule has 0 unspecified atom stereocenters. The molecule has 3 rings (SSSR count). The first-order valence-corrected chi connectivity index (χ1v) is 9.49. The van der Waals surface area contributed by atoms with Gasteiger partial charge in [0.2, 0.25) is 5.91 Å². The number of pyridine rings is 1. The van der Waals surface area contributed by atoms with Gasteiger partial charge in [-0.25, -0.2) is 0 Å². The molecule has 136 valence electrons. The summed E-state index contributed by atoms with van der Waals surface area (Å²) in [6.45, 7) is 0. The average Bonchev–Trinajstić information content (AvgIpc) is 2.74. The molecule has 2 N–H and O–H groups in total. The average molecular weight is 377 g/mol. The summed E-state index contributed by atoms with van der Waals surface area (Å²) in [4.78, 5) is 28.0. The molecule has 0 aliphatic rings. The van der Waals surface area contributed by atoms with Crippen LogP contribution in [0.5, 0.6) is 0 Å². The van der Waals surface area contributed by atoms with Gasteiger partial charge in [-0.2, -0.15) is 0 Å². The van der Waals surface area contributed by atoms with Crippen LogP contribution in [0.3, 0.4) is 0 Å². The Kier molecular flexibility index (Phi) is 6.60. The van der Waals surface area contributed by atoms with E-state index in [1.54, 1.807) is 18.3 Å². The molecule has 1 aromatic heterocycles. The van der Waals surface area contributed by atoms with Crippen LogP contribution >= 0.6 is 11.8 Å². The van der Waals surface area contributed by atoms with E-state index in [1.165, 1.54) is 18.0 Å². The van der Waals surface area contributed by atoms with Crippen LogP contribution < -0.4 is 10.9 Å². The molecule has 0 spiro atoms. The van der Waals surface area contributed by atoms with Crippen LogP contribution in [0.1, 0.15) is 26.7 Å². The number of benzene rings is 2. The van der Waals surface area contributed by atoms with Gasteiger partial charge in [0, 0.05) is 12.4 Å². The molecule has 2 aromatic carbocycles. The smallest absolute Gasteiger partial charge is 0.271 e. The highest BCUT2D eigenvalue weighted by atomic mass is 32.2. The SMILES string of the molecule is O=C(CSC(c1ccccc1)c1ccccc1)NNC(=O)c1cccnc1. The van der Waals surface area contributed by atoms with Crippen LogP contribution in [0.4, 0.5) is 0 Å². The van der Waals surface area contributed by atoms with Crippen molar-refractivity contribution in [1.29, 1.82) is 0 Å². The number of carbonyl (C=O) groups excluding carboxylic acids is 2. The number of hydrogen-bond acceptors (Lipinski definition) is 4. The number of aromatic nitrogens is 1. The highest BCUT2D eigenvalue weighted by Gasteiger charge is 2.16.